The molecule has 0 spiro atoms. The first-order chi connectivity index (χ1) is 8.45. The third-order valence-corrected chi connectivity index (χ3v) is 3.31. The molecule has 0 bridgehead atoms. The van der Waals surface area contributed by atoms with Crippen LogP contribution in [-0.2, 0) is 11.3 Å². The number of carboxylic acids is 1. The van der Waals surface area contributed by atoms with Crippen LogP contribution in [0.4, 0.5) is 0 Å². The molecule has 1 atom stereocenters. The lowest BCUT2D eigenvalue weighted by atomic mass is 10.1. The number of imidazole rings is 1. The Kier molecular flexibility index (Phi) is 3.09. The highest BCUT2D eigenvalue weighted by Gasteiger charge is 2.20. The quantitative estimate of drug-likeness (QED) is 0.865. The molecule has 0 aliphatic carbocycles. The van der Waals surface area contributed by atoms with E-state index in [1.165, 1.54) is 0 Å². The molecule has 2 aromatic rings. The van der Waals surface area contributed by atoms with Gasteiger partial charge in [0, 0.05) is 0 Å². The van der Waals surface area contributed by atoms with Gasteiger partial charge in [-0.2, -0.15) is 0 Å². The predicted octanol–water partition coefficient (Wildman–Crippen LogP) is 1.76. The van der Waals surface area contributed by atoms with Crippen molar-refractivity contribution in [3.8, 4) is 0 Å². The van der Waals surface area contributed by atoms with Gasteiger partial charge >= 0.3 is 5.97 Å². The number of aromatic nitrogens is 2. The second kappa shape index (κ2) is 4.42. The summed E-state index contributed by atoms with van der Waals surface area (Å²) in [6.07, 6.45) is 0. The number of rotatable bonds is 3. The fourth-order valence-electron chi connectivity index (χ4n) is 2.09. The molecule has 0 aliphatic heterocycles. The SMILES string of the molecule is Cc1cc2nc(CN)n(C(C)C(=O)O)c2cc1C. The number of nitrogens with zero attached hydrogens (tertiary/aromatic N) is 2. The number of benzene rings is 1. The summed E-state index contributed by atoms with van der Waals surface area (Å²) in [6, 6.07) is 3.26. The molecule has 1 aromatic carbocycles. The van der Waals surface area contributed by atoms with Gasteiger partial charge < -0.3 is 15.4 Å². The molecule has 96 valence electrons. The van der Waals surface area contributed by atoms with Crippen LogP contribution in [0.2, 0.25) is 0 Å². The standard InChI is InChI=1S/C13H17N3O2/c1-7-4-10-11(5-8(7)2)16(9(3)13(17)18)12(6-14)15-10/h4-5,9H,6,14H2,1-3H3,(H,17,18). The normalized spacial score (nSPS) is 12.9. The number of hydrogen-bond acceptors (Lipinski definition) is 3. The molecule has 2 rings (SSSR count). The Hall–Kier alpha value is -1.88. The van der Waals surface area contributed by atoms with Crippen LogP contribution in [0.5, 0.6) is 0 Å². The second-order valence-electron chi connectivity index (χ2n) is 4.54. The molecule has 0 amide bonds. The van der Waals surface area contributed by atoms with Crippen molar-refractivity contribution in [2.45, 2.75) is 33.4 Å². The van der Waals surface area contributed by atoms with E-state index in [0.29, 0.717) is 5.82 Å². The molecule has 0 fully saturated rings. The topological polar surface area (TPSA) is 81.1 Å². The van der Waals surface area contributed by atoms with E-state index in [-0.39, 0.29) is 6.54 Å². The number of carbonyl (C=O) groups is 1. The summed E-state index contributed by atoms with van der Waals surface area (Å²) >= 11 is 0. The number of aliphatic carboxylic acids is 1. The van der Waals surface area contributed by atoms with E-state index in [1.807, 2.05) is 26.0 Å². The second-order valence-corrected chi connectivity index (χ2v) is 4.54. The maximum atomic E-state index is 11.2. The maximum absolute atomic E-state index is 11.2. The molecule has 18 heavy (non-hydrogen) atoms. The van der Waals surface area contributed by atoms with Gasteiger partial charge in [0.05, 0.1) is 17.6 Å². The van der Waals surface area contributed by atoms with Crippen molar-refractivity contribution in [1.29, 1.82) is 0 Å². The van der Waals surface area contributed by atoms with Crippen molar-refractivity contribution in [2.75, 3.05) is 0 Å². The molecule has 5 nitrogen and oxygen atoms in total. The van der Waals surface area contributed by atoms with E-state index in [1.54, 1.807) is 11.5 Å². The van der Waals surface area contributed by atoms with Crippen LogP contribution in [0.1, 0.15) is 29.9 Å². The highest BCUT2D eigenvalue weighted by molar-refractivity contribution is 5.81. The highest BCUT2D eigenvalue weighted by atomic mass is 16.4. The Bertz CT molecular complexity index is 616. The first-order valence-corrected chi connectivity index (χ1v) is 5.86. The van der Waals surface area contributed by atoms with Crippen LogP contribution in [0.15, 0.2) is 12.1 Å². The van der Waals surface area contributed by atoms with Gasteiger partial charge in [0.15, 0.2) is 0 Å². The summed E-state index contributed by atoms with van der Waals surface area (Å²) in [4.78, 5) is 15.6. The fraction of sp³-hybridized carbons (Fsp3) is 0.385. The van der Waals surface area contributed by atoms with Crippen LogP contribution in [0.25, 0.3) is 11.0 Å². The van der Waals surface area contributed by atoms with Crippen molar-refractivity contribution < 1.29 is 9.90 Å². The minimum Gasteiger partial charge on any atom is -0.480 e. The molecule has 1 heterocycles. The lowest BCUT2D eigenvalue weighted by Crippen LogP contribution is -2.19. The van der Waals surface area contributed by atoms with Crippen LogP contribution in [0.3, 0.4) is 0 Å². The fourth-order valence-corrected chi connectivity index (χ4v) is 2.09. The van der Waals surface area contributed by atoms with Crippen LogP contribution < -0.4 is 5.73 Å². The average Bonchev–Trinajstić information content (AvgIpc) is 2.66. The summed E-state index contributed by atoms with van der Waals surface area (Å²) in [5, 5.41) is 9.17. The lowest BCUT2D eigenvalue weighted by molar-refractivity contribution is -0.140. The van der Waals surface area contributed by atoms with Crippen molar-refractivity contribution in [3.63, 3.8) is 0 Å². The van der Waals surface area contributed by atoms with Gasteiger partial charge in [-0.25, -0.2) is 9.78 Å². The Morgan fingerprint density at radius 1 is 1.44 bits per heavy atom. The molecule has 0 saturated carbocycles. The first kappa shape index (κ1) is 12.6. The highest BCUT2D eigenvalue weighted by Crippen LogP contribution is 2.24. The minimum absolute atomic E-state index is 0.227. The Morgan fingerprint density at radius 3 is 2.61 bits per heavy atom. The summed E-state index contributed by atoms with van der Waals surface area (Å²) in [6.45, 7) is 5.87. The van der Waals surface area contributed by atoms with Crippen LogP contribution in [-0.4, -0.2) is 20.6 Å². The van der Waals surface area contributed by atoms with Gasteiger partial charge in [-0.1, -0.05) is 0 Å². The molecular weight excluding hydrogens is 230 g/mol. The zero-order valence-electron chi connectivity index (χ0n) is 10.8. The molecule has 1 unspecified atom stereocenters. The van der Waals surface area contributed by atoms with E-state index in [0.717, 1.165) is 22.2 Å². The van der Waals surface area contributed by atoms with Crippen LogP contribution >= 0.6 is 0 Å². The maximum Gasteiger partial charge on any atom is 0.326 e. The molecule has 0 saturated heterocycles. The number of hydrogen-bond donors (Lipinski definition) is 2. The van der Waals surface area contributed by atoms with E-state index >= 15 is 0 Å². The van der Waals surface area contributed by atoms with Crippen molar-refractivity contribution >= 4 is 17.0 Å². The largest absolute Gasteiger partial charge is 0.480 e. The van der Waals surface area contributed by atoms with E-state index in [4.69, 9.17) is 10.8 Å². The van der Waals surface area contributed by atoms with Gasteiger partial charge in [0.25, 0.3) is 0 Å². The Balaban J connectivity index is 2.76. The smallest absolute Gasteiger partial charge is 0.326 e. The molecule has 0 radical (unpaired) electrons. The molecular formula is C13H17N3O2. The van der Waals surface area contributed by atoms with Gasteiger partial charge in [-0.15, -0.1) is 0 Å². The monoisotopic (exact) mass is 247 g/mol. The van der Waals surface area contributed by atoms with Gasteiger partial charge in [0.2, 0.25) is 0 Å². The third-order valence-electron chi connectivity index (χ3n) is 3.31. The third kappa shape index (κ3) is 1.86. The average molecular weight is 247 g/mol. The van der Waals surface area contributed by atoms with Gasteiger partial charge in [-0.05, 0) is 44.0 Å². The van der Waals surface area contributed by atoms with Crippen molar-refractivity contribution in [3.05, 3.63) is 29.1 Å². The lowest BCUT2D eigenvalue weighted by Gasteiger charge is -2.13. The summed E-state index contributed by atoms with van der Waals surface area (Å²) in [5.41, 5.74) is 9.53. The van der Waals surface area contributed by atoms with E-state index < -0.39 is 12.0 Å². The Labute approximate surface area is 105 Å². The first-order valence-electron chi connectivity index (χ1n) is 5.86. The summed E-state index contributed by atoms with van der Waals surface area (Å²) < 4.78 is 1.70. The number of fused-ring (bicyclic) bond motifs is 1. The molecule has 3 N–H and O–H groups in total. The van der Waals surface area contributed by atoms with Crippen molar-refractivity contribution in [2.24, 2.45) is 5.73 Å². The predicted molar refractivity (Wildman–Crippen MR) is 69.4 cm³/mol. The van der Waals surface area contributed by atoms with Gasteiger partial charge in [0.1, 0.15) is 11.9 Å². The molecule has 0 aliphatic rings. The number of carboxylic acid groups (broad SMARTS) is 1. The summed E-state index contributed by atoms with van der Waals surface area (Å²) in [5.74, 6) is -0.285. The Morgan fingerprint density at radius 2 is 2.06 bits per heavy atom. The molecule has 5 heteroatoms. The van der Waals surface area contributed by atoms with Crippen LogP contribution in [0, 0.1) is 13.8 Å². The van der Waals surface area contributed by atoms with E-state index in [2.05, 4.69) is 4.98 Å². The number of aryl methyl sites for hydroxylation is 2. The van der Waals surface area contributed by atoms with Gasteiger partial charge in [-0.3, -0.25) is 0 Å². The zero-order chi connectivity index (χ0) is 13.4. The zero-order valence-corrected chi connectivity index (χ0v) is 10.8. The van der Waals surface area contributed by atoms with Crippen molar-refractivity contribution in [1.82, 2.24) is 9.55 Å². The molecule has 1 aromatic heterocycles. The number of nitrogens with two attached hydrogens (primary N) is 1. The minimum atomic E-state index is -0.887. The summed E-state index contributed by atoms with van der Waals surface area (Å²) in [7, 11) is 0. The van der Waals surface area contributed by atoms with E-state index in [9.17, 15) is 4.79 Å².